The molecule has 102 valence electrons. The molecule has 0 aliphatic carbocycles. The third-order valence-corrected chi connectivity index (χ3v) is 2.67. The van der Waals surface area contributed by atoms with Gasteiger partial charge >= 0.3 is 0 Å². The summed E-state index contributed by atoms with van der Waals surface area (Å²) in [7, 11) is 0. The van der Waals surface area contributed by atoms with Crippen molar-refractivity contribution in [2.75, 3.05) is 5.32 Å². The quantitative estimate of drug-likeness (QED) is 0.852. The predicted octanol–water partition coefficient (Wildman–Crippen LogP) is 2.25. The van der Waals surface area contributed by atoms with E-state index >= 15 is 0 Å². The zero-order chi connectivity index (χ0) is 14.7. The van der Waals surface area contributed by atoms with E-state index < -0.39 is 17.5 Å². The molecule has 1 aromatic carbocycles. The first-order chi connectivity index (χ1) is 9.47. The molecule has 1 heterocycles. The van der Waals surface area contributed by atoms with Crippen molar-refractivity contribution in [2.24, 2.45) is 5.73 Å². The van der Waals surface area contributed by atoms with Gasteiger partial charge in [-0.1, -0.05) is 12.2 Å². The smallest absolute Gasteiger partial charge is 0.274 e. The van der Waals surface area contributed by atoms with Crippen LogP contribution in [0, 0.1) is 11.6 Å². The van der Waals surface area contributed by atoms with Crippen molar-refractivity contribution in [2.45, 2.75) is 0 Å². The molecule has 0 saturated heterocycles. The summed E-state index contributed by atoms with van der Waals surface area (Å²) in [4.78, 5) is 15.4. The number of hydrogen-bond donors (Lipinski definition) is 2. The Balaban J connectivity index is 2.21. The zero-order valence-electron chi connectivity index (χ0n) is 10.1. The maximum absolute atomic E-state index is 13.4. The van der Waals surface area contributed by atoms with Crippen LogP contribution >= 0.6 is 12.2 Å². The number of nitrogens with zero attached hydrogens (tertiary/aromatic N) is 1. The number of benzene rings is 1. The Morgan fingerprint density at radius 1 is 1.25 bits per heavy atom. The lowest BCUT2D eigenvalue weighted by Gasteiger charge is -2.07. The van der Waals surface area contributed by atoms with Crippen molar-refractivity contribution in [3.05, 3.63) is 59.4 Å². The average Bonchev–Trinajstić information content (AvgIpc) is 2.41. The van der Waals surface area contributed by atoms with Crippen molar-refractivity contribution >= 4 is 28.8 Å². The van der Waals surface area contributed by atoms with Crippen LogP contribution in [0.2, 0.25) is 0 Å². The molecule has 1 aromatic heterocycles. The summed E-state index contributed by atoms with van der Waals surface area (Å²) >= 11 is 4.70. The highest BCUT2D eigenvalue weighted by Crippen LogP contribution is 2.15. The van der Waals surface area contributed by atoms with Crippen LogP contribution in [-0.2, 0) is 0 Å². The number of anilines is 1. The summed E-state index contributed by atoms with van der Waals surface area (Å²) < 4.78 is 26.1. The van der Waals surface area contributed by atoms with Gasteiger partial charge in [-0.15, -0.1) is 0 Å². The Labute approximate surface area is 118 Å². The van der Waals surface area contributed by atoms with E-state index in [0.717, 1.165) is 18.3 Å². The summed E-state index contributed by atoms with van der Waals surface area (Å²) in [6.45, 7) is 0. The van der Waals surface area contributed by atoms with Gasteiger partial charge in [0.1, 0.15) is 22.3 Å². The molecule has 20 heavy (non-hydrogen) atoms. The molecule has 0 aliphatic rings. The second kappa shape index (κ2) is 5.70. The van der Waals surface area contributed by atoms with Crippen molar-refractivity contribution in [1.82, 2.24) is 4.98 Å². The Hall–Kier alpha value is -2.41. The van der Waals surface area contributed by atoms with Crippen LogP contribution in [0.1, 0.15) is 16.1 Å². The van der Waals surface area contributed by atoms with Gasteiger partial charge in [0.2, 0.25) is 0 Å². The molecule has 0 saturated carbocycles. The van der Waals surface area contributed by atoms with E-state index in [1.165, 1.54) is 18.2 Å². The monoisotopic (exact) mass is 293 g/mol. The fourth-order valence-corrected chi connectivity index (χ4v) is 1.65. The number of halogens is 2. The maximum Gasteiger partial charge on any atom is 0.274 e. The minimum Gasteiger partial charge on any atom is -0.389 e. The molecule has 4 nitrogen and oxygen atoms in total. The number of carbonyl (C=O) groups is 1. The number of nitrogens with one attached hydrogen (secondary N) is 1. The Bertz CT molecular complexity index is 674. The second-order valence-electron chi connectivity index (χ2n) is 3.87. The SMILES string of the molecule is NC(=S)c1cc(NC(=O)c2ccc(F)cn2)ccc1F. The molecule has 0 unspecified atom stereocenters. The first-order valence-electron chi connectivity index (χ1n) is 5.49. The number of rotatable bonds is 3. The largest absolute Gasteiger partial charge is 0.389 e. The number of thiocarbonyl (C=S) groups is 1. The minimum absolute atomic E-state index is 0.0323. The molecule has 2 rings (SSSR count). The third-order valence-electron chi connectivity index (χ3n) is 2.45. The van der Waals surface area contributed by atoms with E-state index in [4.69, 9.17) is 18.0 Å². The summed E-state index contributed by atoms with van der Waals surface area (Å²) in [5, 5.41) is 2.49. The average molecular weight is 293 g/mol. The van der Waals surface area contributed by atoms with Gasteiger partial charge in [0, 0.05) is 11.3 Å². The zero-order valence-corrected chi connectivity index (χ0v) is 10.9. The van der Waals surface area contributed by atoms with Gasteiger partial charge in [-0.25, -0.2) is 13.8 Å². The lowest BCUT2D eigenvalue weighted by Crippen LogP contribution is -2.16. The van der Waals surface area contributed by atoms with E-state index in [1.54, 1.807) is 0 Å². The van der Waals surface area contributed by atoms with E-state index in [1.807, 2.05) is 0 Å². The first-order valence-corrected chi connectivity index (χ1v) is 5.90. The van der Waals surface area contributed by atoms with Gasteiger partial charge in [-0.2, -0.15) is 0 Å². The fourth-order valence-electron chi connectivity index (χ4n) is 1.50. The van der Waals surface area contributed by atoms with Crippen LogP contribution in [0.25, 0.3) is 0 Å². The lowest BCUT2D eigenvalue weighted by atomic mass is 10.2. The Morgan fingerprint density at radius 2 is 2.00 bits per heavy atom. The predicted molar refractivity (Wildman–Crippen MR) is 74.4 cm³/mol. The molecule has 1 amide bonds. The highest BCUT2D eigenvalue weighted by atomic mass is 32.1. The van der Waals surface area contributed by atoms with E-state index in [9.17, 15) is 13.6 Å². The number of hydrogen-bond acceptors (Lipinski definition) is 3. The molecule has 0 atom stereocenters. The highest BCUT2D eigenvalue weighted by molar-refractivity contribution is 7.80. The molecule has 2 aromatic rings. The fraction of sp³-hybridized carbons (Fsp3) is 0. The molecule has 3 N–H and O–H groups in total. The first kappa shape index (κ1) is 14.0. The van der Waals surface area contributed by atoms with Crippen molar-refractivity contribution in [3.63, 3.8) is 0 Å². The molecule has 0 radical (unpaired) electrons. The van der Waals surface area contributed by atoms with E-state index in [0.29, 0.717) is 5.69 Å². The van der Waals surface area contributed by atoms with Crippen LogP contribution in [0.4, 0.5) is 14.5 Å². The number of amides is 1. The molecule has 0 aliphatic heterocycles. The van der Waals surface area contributed by atoms with Crippen LogP contribution in [0.3, 0.4) is 0 Å². The van der Waals surface area contributed by atoms with Gasteiger partial charge < -0.3 is 11.1 Å². The number of pyridine rings is 1. The number of carbonyl (C=O) groups excluding carboxylic acids is 1. The van der Waals surface area contributed by atoms with Gasteiger partial charge in [0.15, 0.2) is 0 Å². The summed E-state index contributed by atoms with van der Waals surface area (Å²) in [5.41, 5.74) is 5.74. The van der Waals surface area contributed by atoms with Gasteiger partial charge in [0.05, 0.1) is 6.20 Å². The van der Waals surface area contributed by atoms with Crippen molar-refractivity contribution in [1.29, 1.82) is 0 Å². The molecular formula is C13H9F2N3OS. The van der Waals surface area contributed by atoms with Crippen LogP contribution < -0.4 is 11.1 Å². The summed E-state index contributed by atoms with van der Waals surface area (Å²) in [6.07, 6.45) is 0.931. The maximum atomic E-state index is 13.4. The van der Waals surface area contributed by atoms with Crippen LogP contribution in [-0.4, -0.2) is 15.9 Å². The van der Waals surface area contributed by atoms with Gasteiger partial charge in [0.25, 0.3) is 5.91 Å². The molecule has 0 fully saturated rings. The van der Waals surface area contributed by atoms with Crippen LogP contribution in [0.15, 0.2) is 36.5 Å². The lowest BCUT2D eigenvalue weighted by molar-refractivity contribution is 0.102. The number of aromatic nitrogens is 1. The third kappa shape index (κ3) is 3.12. The Morgan fingerprint density at radius 3 is 2.60 bits per heavy atom. The normalized spacial score (nSPS) is 10.1. The van der Waals surface area contributed by atoms with Gasteiger partial charge in [-0.05, 0) is 30.3 Å². The standard InChI is InChI=1S/C13H9F2N3OS/c14-7-1-4-11(17-6-7)13(19)18-8-2-3-10(15)9(5-8)12(16)20/h1-6H,(H2,16,20)(H,18,19). The topological polar surface area (TPSA) is 68.0 Å². The van der Waals surface area contributed by atoms with Gasteiger partial charge in [-0.3, -0.25) is 4.79 Å². The number of nitrogens with two attached hydrogens (primary N) is 1. The molecule has 0 spiro atoms. The summed E-state index contributed by atoms with van der Waals surface area (Å²) in [6, 6.07) is 6.18. The highest BCUT2D eigenvalue weighted by Gasteiger charge is 2.10. The Kier molecular flexibility index (Phi) is 3.99. The van der Waals surface area contributed by atoms with Crippen LogP contribution in [0.5, 0.6) is 0 Å². The van der Waals surface area contributed by atoms with E-state index in [2.05, 4.69) is 10.3 Å². The minimum atomic E-state index is -0.574. The molecule has 0 bridgehead atoms. The van der Waals surface area contributed by atoms with Crippen molar-refractivity contribution < 1.29 is 13.6 Å². The summed E-state index contributed by atoms with van der Waals surface area (Å²) in [5.74, 6) is -1.67. The molecule has 7 heteroatoms. The van der Waals surface area contributed by atoms with E-state index in [-0.39, 0.29) is 16.2 Å². The van der Waals surface area contributed by atoms with Crippen molar-refractivity contribution in [3.8, 4) is 0 Å². The second-order valence-corrected chi connectivity index (χ2v) is 4.31. The molecular weight excluding hydrogens is 284 g/mol.